The lowest BCUT2D eigenvalue weighted by Gasteiger charge is -2.33. The van der Waals surface area contributed by atoms with E-state index < -0.39 is 5.97 Å². The maximum atomic E-state index is 12.5. The molecule has 2 N–H and O–H groups in total. The molecule has 1 saturated heterocycles. The summed E-state index contributed by atoms with van der Waals surface area (Å²) < 4.78 is 0. The predicted molar refractivity (Wildman–Crippen MR) is 86.8 cm³/mol. The van der Waals surface area contributed by atoms with Gasteiger partial charge < -0.3 is 10.0 Å². The minimum Gasteiger partial charge on any atom is -0.478 e. The van der Waals surface area contributed by atoms with E-state index in [1.54, 1.807) is 17.0 Å². The largest absolute Gasteiger partial charge is 0.478 e. The van der Waals surface area contributed by atoms with E-state index in [1.165, 1.54) is 0 Å². The number of benzene rings is 1. The average molecular weight is 329 g/mol. The Kier molecular flexibility index (Phi) is 4.59. The summed E-state index contributed by atoms with van der Waals surface area (Å²) in [7, 11) is 0. The quantitative estimate of drug-likeness (QED) is 0.874. The van der Waals surface area contributed by atoms with Gasteiger partial charge in [-0.3, -0.25) is 9.59 Å². The van der Waals surface area contributed by atoms with Gasteiger partial charge in [0.25, 0.3) is 5.91 Å². The monoisotopic (exact) mass is 329 g/mol. The SMILES string of the molecule is O=C1CCC(C(=O)N2CCC[C@H](c3ccc(C(=O)O)cc3)C2)=NN1. The topological polar surface area (TPSA) is 99.1 Å². The predicted octanol–water partition coefficient (Wildman–Crippen LogP) is 1.36. The summed E-state index contributed by atoms with van der Waals surface area (Å²) in [5, 5.41) is 12.8. The van der Waals surface area contributed by atoms with Crippen molar-refractivity contribution in [2.24, 2.45) is 5.10 Å². The molecule has 7 heteroatoms. The summed E-state index contributed by atoms with van der Waals surface area (Å²) in [6, 6.07) is 6.83. The Hall–Kier alpha value is -2.70. The Morgan fingerprint density at radius 2 is 1.96 bits per heavy atom. The molecule has 0 aliphatic carbocycles. The van der Waals surface area contributed by atoms with Crippen LogP contribution in [-0.2, 0) is 9.59 Å². The normalized spacial score (nSPS) is 21.0. The molecular weight excluding hydrogens is 310 g/mol. The number of hydrogen-bond acceptors (Lipinski definition) is 4. The zero-order valence-corrected chi connectivity index (χ0v) is 13.2. The van der Waals surface area contributed by atoms with Gasteiger partial charge in [-0.25, -0.2) is 10.2 Å². The number of carboxylic acids is 1. The number of aromatic carboxylic acids is 1. The number of piperidine rings is 1. The molecule has 0 aromatic heterocycles. The third-order valence-corrected chi connectivity index (χ3v) is 4.49. The fourth-order valence-corrected chi connectivity index (χ4v) is 3.14. The molecule has 24 heavy (non-hydrogen) atoms. The first-order valence-electron chi connectivity index (χ1n) is 8.02. The molecule has 0 saturated carbocycles. The lowest BCUT2D eigenvalue weighted by molar-refractivity contribution is -0.125. The summed E-state index contributed by atoms with van der Waals surface area (Å²) >= 11 is 0. The van der Waals surface area contributed by atoms with Gasteiger partial charge in [0.2, 0.25) is 5.91 Å². The Morgan fingerprint density at radius 1 is 1.21 bits per heavy atom. The second-order valence-corrected chi connectivity index (χ2v) is 6.11. The van der Waals surface area contributed by atoms with Crippen LogP contribution in [0, 0.1) is 0 Å². The van der Waals surface area contributed by atoms with Crippen LogP contribution in [0.3, 0.4) is 0 Å². The Morgan fingerprint density at radius 3 is 2.58 bits per heavy atom. The number of nitrogens with one attached hydrogen (secondary N) is 1. The van der Waals surface area contributed by atoms with E-state index >= 15 is 0 Å². The van der Waals surface area contributed by atoms with Crippen molar-refractivity contribution in [2.75, 3.05) is 13.1 Å². The van der Waals surface area contributed by atoms with E-state index in [2.05, 4.69) is 10.5 Å². The molecule has 7 nitrogen and oxygen atoms in total. The van der Waals surface area contributed by atoms with Crippen molar-refractivity contribution in [1.82, 2.24) is 10.3 Å². The molecule has 2 amide bonds. The van der Waals surface area contributed by atoms with Crippen LogP contribution in [0.25, 0.3) is 0 Å². The number of nitrogens with zero attached hydrogens (tertiary/aromatic N) is 2. The fraction of sp³-hybridized carbons (Fsp3) is 0.412. The zero-order valence-electron chi connectivity index (χ0n) is 13.2. The third kappa shape index (κ3) is 3.45. The summed E-state index contributed by atoms with van der Waals surface area (Å²) in [6.45, 7) is 1.26. The smallest absolute Gasteiger partial charge is 0.335 e. The standard InChI is InChI=1S/C17H19N3O4/c21-15-8-7-14(18-19-15)16(22)20-9-1-2-13(10-20)11-3-5-12(6-4-11)17(23)24/h3-6,13H,1-2,7-10H2,(H,19,21)(H,23,24)/t13-/m0/s1. The van der Waals surface area contributed by atoms with E-state index in [0.717, 1.165) is 18.4 Å². The van der Waals surface area contributed by atoms with Gasteiger partial charge in [0, 0.05) is 31.8 Å². The van der Waals surface area contributed by atoms with Gasteiger partial charge in [0.1, 0.15) is 5.71 Å². The molecular formula is C17H19N3O4. The van der Waals surface area contributed by atoms with Crippen molar-refractivity contribution in [3.05, 3.63) is 35.4 Å². The number of likely N-dealkylation sites (tertiary alicyclic amines) is 1. The van der Waals surface area contributed by atoms with Crippen LogP contribution in [0.5, 0.6) is 0 Å². The molecule has 2 aliphatic heterocycles. The zero-order chi connectivity index (χ0) is 17.1. The van der Waals surface area contributed by atoms with E-state index in [0.29, 0.717) is 31.6 Å². The van der Waals surface area contributed by atoms with Gasteiger partial charge in [-0.1, -0.05) is 12.1 Å². The van der Waals surface area contributed by atoms with Crippen LogP contribution in [0.4, 0.5) is 0 Å². The van der Waals surface area contributed by atoms with Gasteiger partial charge in [0.05, 0.1) is 5.56 Å². The molecule has 0 spiro atoms. The minimum atomic E-state index is -0.945. The van der Waals surface area contributed by atoms with Crippen molar-refractivity contribution in [2.45, 2.75) is 31.6 Å². The summed E-state index contributed by atoms with van der Waals surface area (Å²) in [5.41, 5.74) is 4.05. The molecule has 126 valence electrons. The van der Waals surface area contributed by atoms with Crippen molar-refractivity contribution in [1.29, 1.82) is 0 Å². The average Bonchev–Trinajstić information content (AvgIpc) is 2.62. The molecule has 0 unspecified atom stereocenters. The minimum absolute atomic E-state index is 0.123. The molecule has 1 fully saturated rings. The molecule has 2 heterocycles. The Bertz CT molecular complexity index is 696. The summed E-state index contributed by atoms with van der Waals surface area (Å²) in [4.78, 5) is 36.4. The molecule has 2 aliphatic rings. The molecule has 3 rings (SSSR count). The first kappa shape index (κ1) is 16.2. The highest BCUT2D eigenvalue weighted by atomic mass is 16.4. The van der Waals surface area contributed by atoms with Gasteiger partial charge in [-0.15, -0.1) is 0 Å². The maximum Gasteiger partial charge on any atom is 0.335 e. The van der Waals surface area contributed by atoms with Crippen molar-refractivity contribution < 1.29 is 19.5 Å². The van der Waals surface area contributed by atoms with Crippen LogP contribution >= 0.6 is 0 Å². The fourth-order valence-electron chi connectivity index (χ4n) is 3.14. The van der Waals surface area contributed by atoms with Crippen molar-refractivity contribution >= 4 is 23.5 Å². The van der Waals surface area contributed by atoms with Crippen LogP contribution in [-0.4, -0.2) is 46.6 Å². The summed E-state index contributed by atoms with van der Waals surface area (Å²) in [5.74, 6) is -1.05. The van der Waals surface area contributed by atoms with Gasteiger partial charge in [-0.2, -0.15) is 5.10 Å². The second kappa shape index (κ2) is 6.82. The number of hydrogen-bond donors (Lipinski definition) is 2. The van der Waals surface area contributed by atoms with E-state index in [4.69, 9.17) is 5.11 Å². The molecule has 1 aromatic rings. The van der Waals surface area contributed by atoms with Crippen LogP contribution in [0.2, 0.25) is 0 Å². The van der Waals surface area contributed by atoms with Gasteiger partial charge in [0.15, 0.2) is 0 Å². The number of hydrazone groups is 1. The number of carboxylic acid groups (broad SMARTS) is 1. The van der Waals surface area contributed by atoms with Gasteiger partial charge >= 0.3 is 5.97 Å². The highest BCUT2D eigenvalue weighted by Crippen LogP contribution is 2.27. The molecule has 1 aromatic carbocycles. The highest BCUT2D eigenvalue weighted by molar-refractivity contribution is 6.39. The van der Waals surface area contributed by atoms with Crippen LogP contribution < -0.4 is 5.43 Å². The second-order valence-electron chi connectivity index (χ2n) is 6.11. The first-order valence-corrected chi connectivity index (χ1v) is 8.02. The molecule has 0 radical (unpaired) electrons. The maximum absolute atomic E-state index is 12.5. The number of rotatable bonds is 3. The molecule has 1 atom stereocenters. The van der Waals surface area contributed by atoms with E-state index in [-0.39, 0.29) is 23.3 Å². The Labute approximate surface area is 139 Å². The van der Waals surface area contributed by atoms with Crippen LogP contribution in [0.15, 0.2) is 29.4 Å². The molecule has 0 bridgehead atoms. The highest BCUT2D eigenvalue weighted by Gasteiger charge is 2.28. The van der Waals surface area contributed by atoms with E-state index in [1.807, 2.05) is 12.1 Å². The van der Waals surface area contributed by atoms with Crippen LogP contribution in [0.1, 0.15) is 47.5 Å². The van der Waals surface area contributed by atoms with Gasteiger partial charge in [-0.05, 0) is 30.5 Å². The number of carbonyl (C=O) groups is 3. The number of amides is 2. The van der Waals surface area contributed by atoms with E-state index in [9.17, 15) is 14.4 Å². The Balaban J connectivity index is 1.68. The summed E-state index contributed by atoms with van der Waals surface area (Å²) in [6.07, 6.45) is 2.51. The first-order chi connectivity index (χ1) is 11.5. The lowest BCUT2D eigenvalue weighted by atomic mass is 9.90. The third-order valence-electron chi connectivity index (χ3n) is 4.49. The van der Waals surface area contributed by atoms with Crippen molar-refractivity contribution in [3.63, 3.8) is 0 Å². The lowest BCUT2D eigenvalue weighted by Crippen LogP contribution is -2.44. The number of carbonyl (C=O) groups excluding carboxylic acids is 2. The van der Waals surface area contributed by atoms with Crippen molar-refractivity contribution in [3.8, 4) is 0 Å².